The molecule has 0 aliphatic carbocycles. The minimum absolute atomic E-state index is 0.105. The van der Waals surface area contributed by atoms with Crippen LogP contribution in [-0.4, -0.2) is 11.4 Å². The van der Waals surface area contributed by atoms with Crippen LogP contribution in [0.3, 0.4) is 0 Å². The van der Waals surface area contributed by atoms with Gasteiger partial charge in [-0.2, -0.15) is 0 Å². The second-order valence-electron chi connectivity index (χ2n) is 5.64. The number of hydrogen-bond acceptors (Lipinski definition) is 3. The molecule has 0 saturated carbocycles. The summed E-state index contributed by atoms with van der Waals surface area (Å²) in [7, 11) is 0. The third-order valence-electron chi connectivity index (χ3n) is 3.53. The molecule has 0 saturated heterocycles. The number of nitrogens with one attached hydrogen (secondary N) is 1. The Labute approximate surface area is 122 Å². The van der Waals surface area contributed by atoms with Crippen LogP contribution in [-0.2, 0) is 4.79 Å². The normalized spacial score (nSPS) is 16.3. The zero-order valence-corrected chi connectivity index (χ0v) is 11.9. The first-order valence-corrected chi connectivity index (χ1v) is 6.66. The fourth-order valence-electron chi connectivity index (χ4n) is 2.47. The van der Waals surface area contributed by atoms with Crippen molar-refractivity contribution in [3.05, 3.63) is 48.3 Å². The summed E-state index contributed by atoms with van der Waals surface area (Å²) < 4.78 is 13.1. The van der Waals surface area contributed by atoms with Gasteiger partial charge in [0.1, 0.15) is 11.4 Å². The molecule has 0 bridgehead atoms. The van der Waals surface area contributed by atoms with Gasteiger partial charge < -0.3 is 11.1 Å². The molecule has 1 aliphatic heterocycles. The lowest BCUT2D eigenvalue weighted by molar-refractivity contribution is -0.121. The largest absolute Gasteiger partial charge is 0.399 e. The fourth-order valence-corrected chi connectivity index (χ4v) is 2.47. The van der Waals surface area contributed by atoms with E-state index in [1.807, 2.05) is 0 Å². The number of amides is 1. The fraction of sp³-hybridized carbons (Fsp3) is 0.188. The predicted octanol–water partition coefficient (Wildman–Crippen LogP) is 3.28. The van der Waals surface area contributed by atoms with Crippen LogP contribution < -0.4 is 16.0 Å². The minimum atomic E-state index is -0.769. The maximum atomic E-state index is 13.1. The molecule has 21 heavy (non-hydrogen) atoms. The molecular formula is C16H16FN3O. The average Bonchev–Trinajstić information content (AvgIpc) is 2.41. The standard InChI is InChI=1S/C16H16FN3O/c1-16(2)15(21)20(12-6-3-10(17)4-7-12)14-8-5-11(18)9-13(14)19-16/h3-9,19H,18H2,1-2H3. The highest BCUT2D eigenvalue weighted by molar-refractivity contribution is 6.12. The van der Waals surface area contributed by atoms with Crippen molar-refractivity contribution in [2.75, 3.05) is 16.0 Å². The SMILES string of the molecule is CC1(C)Nc2cc(N)ccc2N(c2ccc(F)cc2)C1=O. The van der Waals surface area contributed by atoms with E-state index in [1.54, 1.807) is 49.1 Å². The second-order valence-corrected chi connectivity index (χ2v) is 5.64. The Morgan fingerprint density at radius 2 is 1.81 bits per heavy atom. The van der Waals surface area contributed by atoms with Crippen molar-refractivity contribution in [2.45, 2.75) is 19.4 Å². The third kappa shape index (κ3) is 2.20. The van der Waals surface area contributed by atoms with Gasteiger partial charge in [-0.15, -0.1) is 0 Å². The first-order valence-electron chi connectivity index (χ1n) is 6.66. The van der Waals surface area contributed by atoms with Gasteiger partial charge in [0.2, 0.25) is 0 Å². The van der Waals surface area contributed by atoms with E-state index in [1.165, 1.54) is 12.1 Å². The third-order valence-corrected chi connectivity index (χ3v) is 3.53. The molecule has 0 aromatic heterocycles. The van der Waals surface area contributed by atoms with Gasteiger partial charge in [0.15, 0.2) is 0 Å². The van der Waals surface area contributed by atoms with Crippen LogP contribution in [0.5, 0.6) is 0 Å². The summed E-state index contributed by atoms with van der Waals surface area (Å²) in [4.78, 5) is 14.3. The number of halogens is 1. The number of rotatable bonds is 1. The van der Waals surface area contributed by atoms with Crippen molar-refractivity contribution in [1.82, 2.24) is 0 Å². The molecule has 0 radical (unpaired) electrons. The molecule has 0 spiro atoms. The van der Waals surface area contributed by atoms with E-state index in [0.717, 1.165) is 5.69 Å². The first-order chi connectivity index (χ1) is 9.88. The van der Waals surface area contributed by atoms with Crippen molar-refractivity contribution in [3.63, 3.8) is 0 Å². The van der Waals surface area contributed by atoms with Crippen LogP contribution >= 0.6 is 0 Å². The minimum Gasteiger partial charge on any atom is -0.399 e. The van der Waals surface area contributed by atoms with Gasteiger partial charge in [-0.3, -0.25) is 9.69 Å². The van der Waals surface area contributed by atoms with Crippen LogP contribution in [0.25, 0.3) is 0 Å². The van der Waals surface area contributed by atoms with Crippen LogP contribution in [0.2, 0.25) is 0 Å². The number of benzene rings is 2. The molecule has 1 amide bonds. The summed E-state index contributed by atoms with van der Waals surface area (Å²) in [5.74, 6) is -0.440. The monoisotopic (exact) mass is 285 g/mol. The van der Waals surface area contributed by atoms with Gasteiger partial charge in [-0.1, -0.05) is 0 Å². The number of carbonyl (C=O) groups is 1. The maximum absolute atomic E-state index is 13.1. The Kier molecular flexibility index (Phi) is 2.86. The number of carbonyl (C=O) groups excluding carboxylic acids is 1. The van der Waals surface area contributed by atoms with E-state index in [-0.39, 0.29) is 11.7 Å². The lowest BCUT2D eigenvalue weighted by Crippen LogP contribution is -2.52. The summed E-state index contributed by atoms with van der Waals surface area (Å²) in [5.41, 5.74) is 7.78. The molecule has 1 aliphatic rings. The second kappa shape index (κ2) is 4.48. The van der Waals surface area contributed by atoms with Crippen molar-refractivity contribution in [3.8, 4) is 0 Å². The van der Waals surface area contributed by atoms with Crippen LogP contribution in [0.1, 0.15) is 13.8 Å². The summed E-state index contributed by atoms with van der Waals surface area (Å²) in [6.45, 7) is 3.61. The molecule has 4 nitrogen and oxygen atoms in total. The summed E-state index contributed by atoms with van der Waals surface area (Å²) in [6, 6.07) is 11.2. The van der Waals surface area contributed by atoms with Crippen LogP contribution in [0.4, 0.5) is 27.1 Å². The quantitative estimate of drug-likeness (QED) is 0.791. The van der Waals surface area contributed by atoms with Gasteiger partial charge in [-0.25, -0.2) is 4.39 Å². The Balaban J connectivity index is 2.18. The summed E-state index contributed by atoms with van der Waals surface area (Å²) in [6.07, 6.45) is 0. The zero-order chi connectivity index (χ0) is 15.2. The highest BCUT2D eigenvalue weighted by atomic mass is 19.1. The highest BCUT2D eigenvalue weighted by Gasteiger charge is 2.39. The molecule has 2 aromatic rings. The van der Waals surface area contributed by atoms with Crippen LogP contribution in [0, 0.1) is 5.82 Å². The Morgan fingerprint density at radius 3 is 2.48 bits per heavy atom. The van der Waals surface area contributed by atoms with E-state index in [0.29, 0.717) is 17.1 Å². The Morgan fingerprint density at radius 1 is 1.14 bits per heavy atom. The smallest absolute Gasteiger partial charge is 0.256 e. The Hall–Kier alpha value is -2.56. The molecular weight excluding hydrogens is 269 g/mol. The molecule has 3 N–H and O–H groups in total. The van der Waals surface area contributed by atoms with Gasteiger partial charge in [0.05, 0.1) is 11.4 Å². The molecule has 5 heteroatoms. The maximum Gasteiger partial charge on any atom is 0.256 e. The van der Waals surface area contributed by atoms with Crippen molar-refractivity contribution in [1.29, 1.82) is 0 Å². The molecule has 0 unspecified atom stereocenters. The molecule has 1 heterocycles. The van der Waals surface area contributed by atoms with E-state index >= 15 is 0 Å². The van der Waals surface area contributed by atoms with Gasteiger partial charge in [-0.05, 0) is 56.3 Å². The first kappa shape index (κ1) is 13.4. The van der Waals surface area contributed by atoms with E-state index in [9.17, 15) is 9.18 Å². The van der Waals surface area contributed by atoms with Crippen LogP contribution in [0.15, 0.2) is 42.5 Å². The molecule has 3 rings (SSSR count). The molecule has 0 fully saturated rings. The topological polar surface area (TPSA) is 58.4 Å². The van der Waals surface area contributed by atoms with E-state index < -0.39 is 5.54 Å². The Bertz CT molecular complexity index is 710. The molecule has 2 aromatic carbocycles. The number of fused-ring (bicyclic) bond motifs is 1. The number of nitrogens with zero attached hydrogens (tertiary/aromatic N) is 1. The molecule has 0 atom stereocenters. The number of nitrogen functional groups attached to an aromatic ring is 1. The van der Waals surface area contributed by atoms with E-state index in [4.69, 9.17) is 5.73 Å². The number of nitrogens with two attached hydrogens (primary N) is 1. The van der Waals surface area contributed by atoms with Gasteiger partial charge in [0.25, 0.3) is 5.91 Å². The van der Waals surface area contributed by atoms with Gasteiger partial charge in [0, 0.05) is 11.4 Å². The lowest BCUT2D eigenvalue weighted by atomic mass is 9.97. The predicted molar refractivity (Wildman–Crippen MR) is 82.1 cm³/mol. The lowest BCUT2D eigenvalue weighted by Gasteiger charge is -2.40. The highest BCUT2D eigenvalue weighted by Crippen LogP contribution is 2.40. The zero-order valence-electron chi connectivity index (χ0n) is 11.9. The summed E-state index contributed by atoms with van der Waals surface area (Å²) >= 11 is 0. The van der Waals surface area contributed by atoms with Crippen molar-refractivity contribution >= 4 is 28.7 Å². The van der Waals surface area contributed by atoms with Crippen molar-refractivity contribution < 1.29 is 9.18 Å². The van der Waals surface area contributed by atoms with Gasteiger partial charge >= 0.3 is 0 Å². The summed E-state index contributed by atoms with van der Waals surface area (Å²) in [5, 5.41) is 3.19. The molecule has 108 valence electrons. The average molecular weight is 285 g/mol. The van der Waals surface area contributed by atoms with E-state index in [2.05, 4.69) is 5.32 Å². The van der Waals surface area contributed by atoms with Crippen molar-refractivity contribution in [2.24, 2.45) is 0 Å². The number of hydrogen-bond donors (Lipinski definition) is 2. The number of anilines is 4.